The Morgan fingerprint density at radius 1 is 1.11 bits per heavy atom. The van der Waals surface area contributed by atoms with Crippen LogP contribution in [0.15, 0.2) is 18.2 Å². The first-order chi connectivity index (χ1) is 9.42. The summed E-state index contributed by atoms with van der Waals surface area (Å²) in [4.78, 5) is 0. The standard InChI is InChI=1S/C15H21NO3/c1-5-18-14-3-2-12(8-15(14)19-6-1)9-16-10-13-4-7-17-11-13/h2-3,8,13,16H,1,4-7,9-11H2. The minimum absolute atomic E-state index is 0.667. The molecule has 1 fully saturated rings. The van der Waals surface area contributed by atoms with Crippen molar-refractivity contribution < 1.29 is 14.2 Å². The average Bonchev–Trinajstić information content (AvgIpc) is 2.83. The Morgan fingerprint density at radius 2 is 2.00 bits per heavy atom. The molecular weight excluding hydrogens is 242 g/mol. The highest BCUT2D eigenvalue weighted by Gasteiger charge is 2.15. The van der Waals surface area contributed by atoms with E-state index in [9.17, 15) is 0 Å². The van der Waals surface area contributed by atoms with Crippen molar-refractivity contribution in [2.24, 2.45) is 5.92 Å². The normalized spacial score (nSPS) is 22.2. The van der Waals surface area contributed by atoms with Crippen LogP contribution in [-0.4, -0.2) is 33.0 Å². The van der Waals surface area contributed by atoms with E-state index in [-0.39, 0.29) is 0 Å². The zero-order valence-electron chi connectivity index (χ0n) is 11.2. The summed E-state index contributed by atoms with van der Waals surface area (Å²) in [6.45, 7) is 5.18. The molecule has 1 atom stereocenters. The zero-order valence-corrected chi connectivity index (χ0v) is 11.2. The number of ether oxygens (including phenoxy) is 3. The van der Waals surface area contributed by atoms with Gasteiger partial charge in [0.2, 0.25) is 0 Å². The highest BCUT2D eigenvalue weighted by Crippen LogP contribution is 2.30. The Balaban J connectivity index is 1.54. The van der Waals surface area contributed by atoms with E-state index in [0.717, 1.165) is 57.4 Å². The molecule has 1 aromatic carbocycles. The van der Waals surface area contributed by atoms with Gasteiger partial charge in [0.25, 0.3) is 0 Å². The third-order valence-corrected chi connectivity index (χ3v) is 3.60. The summed E-state index contributed by atoms with van der Waals surface area (Å²) in [6.07, 6.45) is 2.12. The molecule has 1 N–H and O–H groups in total. The monoisotopic (exact) mass is 263 g/mol. The minimum atomic E-state index is 0.667. The van der Waals surface area contributed by atoms with Crippen LogP contribution in [0.25, 0.3) is 0 Å². The van der Waals surface area contributed by atoms with Crippen LogP contribution in [0.2, 0.25) is 0 Å². The second-order valence-corrected chi connectivity index (χ2v) is 5.19. The molecule has 0 spiro atoms. The number of hydrogen-bond acceptors (Lipinski definition) is 4. The van der Waals surface area contributed by atoms with Gasteiger partial charge in [0, 0.05) is 26.1 Å². The SMILES string of the molecule is c1cc2c(cc1CNCC1CCOC1)OCCCO2. The van der Waals surface area contributed by atoms with Crippen LogP contribution >= 0.6 is 0 Å². The molecule has 0 aliphatic carbocycles. The van der Waals surface area contributed by atoms with Crippen LogP contribution in [-0.2, 0) is 11.3 Å². The van der Waals surface area contributed by atoms with Crippen LogP contribution in [0.3, 0.4) is 0 Å². The molecule has 3 rings (SSSR count). The molecule has 0 bridgehead atoms. The fourth-order valence-electron chi connectivity index (χ4n) is 2.48. The van der Waals surface area contributed by atoms with Crippen molar-refractivity contribution in [1.29, 1.82) is 0 Å². The third kappa shape index (κ3) is 3.39. The van der Waals surface area contributed by atoms with Crippen LogP contribution in [0.5, 0.6) is 11.5 Å². The summed E-state index contributed by atoms with van der Waals surface area (Å²) >= 11 is 0. The maximum absolute atomic E-state index is 5.70. The Labute approximate surface area is 114 Å². The molecule has 2 heterocycles. The molecule has 104 valence electrons. The van der Waals surface area contributed by atoms with Gasteiger partial charge in [-0.1, -0.05) is 6.07 Å². The molecule has 2 aliphatic heterocycles. The second kappa shape index (κ2) is 6.26. The summed E-state index contributed by atoms with van der Waals surface area (Å²) < 4.78 is 16.7. The van der Waals surface area contributed by atoms with E-state index in [1.165, 1.54) is 12.0 Å². The summed E-state index contributed by atoms with van der Waals surface area (Å²) in [6, 6.07) is 6.20. The largest absolute Gasteiger partial charge is 0.490 e. The minimum Gasteiger partial charge on any atom is -0.490 e. The maximum atomic E-state index is 5.70. The van der Waals surface area contributed by atoms with Crippen LogP contribution in [0, 0.1) is 5.92 Å². The van der Waals surface area contributed by atoms with Gasteiger partial charge in [0.15, 0.2) is 11.5 Å². The van der Waals surface area contributed by atoms with Gasteiger partial charge in [-0.15, -0.1) is 0 Å². The van der Waals surface area contributed by atoms with Crippen molar-refractivity contribution >= 4 is 0 Å². The molecule has 4 nitrogen and oxygen atoms in total. The van der Waals surface area contributed by atoms with E-state index in [4.69, 9.17) is 14.2 Å². The van der Waals surface area contributed by atoms with Crippen molar-refractivity contribution in [3.63, 3.8) is 0 Å². The molecule has 0 aromatic heterocycles. The molecule has 1 saturated heterocycles. The summed E-state index contributed by atoms with van der Waals surface area (Å²) in [7, 11) is 0. The Morgan fingerprint density at radius 3 is 2.84 bits per heavy atom. The lowest BCUT2D eigenvalue weighted by Gasteiger charge is -2.12. The number of hydrogen-bond donors (Lipinski definition) is 1. The van der Waals surface area contributed by atoms with Crippen LogP contribution in [0.4, 0.5) is 0 Å². The van der Waals surface area contributed by atoms with Gasteiger partial charge in [-0.3, -0.25) is 0 Å². The van der Waals surface area contributed by atoms with Crippen LogP contribution < -0.4 is 14.8 Å². The predicted octanol–water partition coefficient (Wildman–Crippen LogP) is 1.97. The van der Waals surface area contributed by atoms with Crippen LogP contribution in [0.1, 0.15) is 18.4 Å². The van der Waals surface area contributed by atoms with Gasteiger partial charge in [-0.2, -0.15) is 0 Å². The quantitative estimate of drug-likeness (QED) is 0.901. The second-order valence-electron chi connectivity index (χ2n) is 5.19. The van der Waals surface area contributed by atoms with E-state index in [1.807, 2.05) is 6.07 Å². The van der Waals surface area contributed by atoms with E-state index in [0.29, 0.717) is 5.92 Å². The molecule has 0 saturated carbocycles. The smallest absolute Gasteiger partial charge is 0.161 e. The Bertz CT molecular complexity index is 416. The predicted molar refractivity (Wildman–Crippen MR) is 72.7 cm³/mol. The molecule has 19 heavy (non-hydrogen) atoms. The Kier molecular flexibility index (Phi) is 4.20. The fraction of sp³-hybridized carbons (Fsp3) is 0.600. The maximum Gasteiger partial charge on any atom is 0.161 e. The van der Waals surface area contributed by atoms with Crippen molar-refractivity contribution in [3.05, 3.63) is 23.8 Å². The topological polar surface area (TPSA) is 39.7 Å². The van der Waals surface area contributed by atoms with Gasteiger partial charge in [0.1, 0.15) is 0 Å². The Hall–Kier alpha value is -1.26. The van der Waals surface area contributed by atoms with E-state index in [1.54, 1.807) is 0 Å². The summed E-state index contributed by atoms with van der Waals surface area (Å²) in [5.41, 5.74) is 1.24. The number of nitrogens with one attached hydrogen (secondary N) is 1. The zero-order chi connectivity index (χ0) is 12.9. The lowest BCUT2D eigenvalue weighted by Crippen LogP contribution is -2.22. The average molecular weight is 263 g/mol. The first-order valence-electron chi connectivity index (χ1n) is 7.09. The van der Waals surface area contributed by atoms with Gasteiger partial charge < -0.3 is 19.5 Å². The lowest BCUT2D eigenvalue weighted by atomic mass is 10.1. The van der Waals surface area contributed by atoms with E-state index in [2.05, 4.69) is 17.4 Å². The lowest BCUT2D eigenvalue weighted by molar-refractivity contribution is 0.185. The number of rotatable bonds is 4. The number of benzene rings is 1. The highest BCUT2D eigenvalue weighted by molar-refractivity contribution is 5.43. The fourth-order valence-corrected chi connectivity index (χ4v) is 2.48. The molecular formula is C15H21NO3. The first kappa shape index (κ1) is 12.8. The molecule has 2 aliphatic rings. The van der Waals surface area contributed by atoms with Crippen molar-refractivity contribution in [2.75, 3.05) is 33.0 Å². The van der Waals surface area contributed by atoms with Gasteiger partial charge >= 0.3 is 0 Å². The molecule has 0 amide bonds. The molecule has 1 aromatic rings. The first-order valence-corrected chi connectivity index (χ1v) is 7.09. The summed E-state index contributed by atoms with van der Waals surface area (Å²) in [5, 5.41) is 3.49. The number of fused-ring (bicyclic) bond motifs is 1. The molecule has 1 unspecified atom stereocenters. The molecule has 0 radical (unpaired) electrons. The van der Waals surface area contributed by atoms with Crippen molar-refractivity contribution in [2.45, 2.75) is 19.4 Å². The van der Waals surface area contributed by atoms with Gasteiger partial charge in [-0.05, 0) is 30.0 Å². The van der Waals surface area contributed by atoms with E-state index >= 15 is 0 Å². The molecule has 4 heteroatoms. The highest BCUT2D eigenvalue weighted by atomic mass is 16.5. The van der Waals surface area contributed by atoms with Crippen molar-refractivity contribution in [1.82, 2.24) is 5.32 Å². The van der Waals surface area contributed by atoms with E-state index < -0.39 is 0 Å². The van der Waals surface area contributed by atoms with Gasteiger partial charge in [0.05, 0.1) is 19.8 Å². The third-order valence-electron chi connectivity index (χ3n) is 3.60. The summed E-state index contributed by atoms with van der Waals surface area (Å²) in [5.74, 6) is 2.41. The van der Waals surface area contributed by atoms with Crippen molar-refractivity contribution in [3.8, 4) is 11.5 Å². The van der Waals surface area contributed by atoms with Gasteiger partial charge in [-0.25, -0.2) is 0 Å².